The largest absolute Gasteiger partial charge is 0.494 e. The second kappa shape index (κ2) is 8.00. The number of carbonyl (C=O) groups excluding carboxylic acids is 2. The standard InChI is InChI=1S/C16H19N3O4/c1-2-22-13-5-3-12(4-6-13)19-15(20)9-18-16(21)11-7-14(8-17)23-10-11/h3-7,10H,2,8-9,17H2,1H3,(H,18,21)(H,19,20). The molecule has 0 aliphatic heterocycles. The van der Waals surface area contributed by atoms with Crippen LogP contribution in [0.2, 0.25) is 0 Å². The van der Waals surface area contributed by atoms with Crippen LogP contribution in [0.15, 0.2) is 41.0 Å². The highest BCUT2D eigenvalue weighted by atomic mass is 16.5. The predicted molar refractivity (Wildman–Crippen MR) is 85.2 cm³/mol. The maximum absolute atomic E-state index is 11.8. The number of nitrogens with one attached hydrogen (secondary N) is 2. The molecule has 0 spiro atoms. The summed E-state index contributed by atoms with van der Waals surface area (Å²) in [6, 6.07) is 8.53. The van der Waals surface area contributed by atoms with E-state index in [2.05, 4.69) is 10.6 Å². The predicted octanol–water partition coefficient (Wildman–Crippen LogP) is 1.51. The fourth-order valence-electron chi connectivity index (χ4n) is 1.88. The SMILES string of the molecule is CCOc1ccc(NC(=O)CNC(=O)c2coc(CN)c2)cc1. The Morgan fingerprint density at radius 2 is 2.00 bits per heavy atom. The second-order valence-corrected chi connectivity index (χ2v) is 4.69. The van der Waals surface area contributed by atoms with E-state index in [-0.39, 0.29) is 19.0 Å². The van der Waals surface area contributed by atoms with Gasteiger partial charge in [0.05, 0.1) is 25.3 Å². The lowest BCUT2D eigenvalue weighted by atomic mass is 10.3. The normalized spacial score (nSPS) is 10.2. The number of hydrogen-bond donors (Lipinski definition) is 3. The average molecular weight is 317 g/mol. The first kappa shape index (κ1) is 16.6. The third-order valence-electron chi connectivity index (χ3n) is 2.98. The summed E-state index contributed by atoms with van der Waals surface area (Å²) in [4.78, 5) is 23.7. The van der Waals surface area contributed by atoms with Gasteiger partial charge in [0.15, 0.2) is 0 Å². The monoisotopic (exact) mass is 317 g/mol. The van der Waals surface area contributed by atoms with E-state index in [1.165, 1.54) is 6.26 Å². The summed E-state index contributed by atoms with van der Waals surface area (Å²) < 4.78 is 10.4. The highest BCUT2D eigenvalue weighted by Gasteiger charge is 2.11. The number of amides is 2. The Labute approximate surface area is 133 Å². The zero-order chi connectivity index (χ0) is 16.7. The van der Waals surface area contributed by atoms with E-state index >= 15 is 0 Å². The Bertz CT molecular complexity index is 664. The fraction of sp³-hybridized carbons (Fsp3) is 0.250. The lowest BCUT2D eigenvalue weighted by Gasteiger charge is -2.07. The molecule has 7 nitrogen and oxygen atoms in total. The number of ether oxygens (including phenoxy) is 1. The summed E-state index contributed by atoms with van der Waals surface area (Å²) in [6.07, 6.45) is 1.31. The molecule has 1 heterocycles. The summed E-state index contributed by atoms with van der Waals surface area (Å²) in [6.45, 7) is 2.55. The van der Waals surface area contributed by atoms with Crippen LogP contribution in [0, 0.1) is 0 Å². The molecule has 0 unspecified atom stereocenters. The van der Waals surface area contributed by atoms with Gasteiger partial charge in [-0.2, -0.15) is 0 Å². The Balaban J connectivity index is 1.81. The van der Waals surface area contributed by atoms with Crippen molar-refractivity contribution in [2.75, 3.05) is 18.5 Å². The highest BCUT2D eigenvalue weighted by molar-refractivity contribution is 5.99. The van der Waals surface area contributed by atoms with E-state index in [9.17, 15) is 9.59 Å². The number of anilines is 1. The van der Waals surface area contributed by atoms with Gasteiger partial charge in [-0.3, -0.25) is 9.59 Å². The van der Waals surface area contributed by atoms with Gasteiger partial charge < -0.3 is 25.5 Å². The first-order valence-electron chi connectivity index (χ1n) is 7.20. The van der Waals surface area contributed by atoms with Crippen LogP contribution in [-0.4, -0.2) is 25.0 Å². The van der Waals surface area contributed by atoms with Gasteiger partial charge >= 0.3 is 0 Å². The van der Waals surface area contributed by atoms with Crippen molar-refractivity contribution >= 4 is 17.5 Å². The fourth-order valence-corrected chi connectivity index (χ4v) is 1.88. The molecule has 7 heteroatoms. The van der Waals surface area contributed by atoms with Crippen LogP contribution in [0.4, 0.5) is 5.69 Å². The van der Waals surface area contributed by atoms with Gasteiger partial charge in [0.1, 0.15) is 17.8 Å². The van der Waals surface area contributed by atoms with Gasteiger partial charge in [-0.05, 0) is 37.3 Å². The van der Waals surface area contributed by atoms with Gasteiger partial charge in [-0.25, -0.2) is 0 Å². The molecule has 1 aromatic carbocycles. The maximum atomic E-state index is 11.8. The van der Waals surface area contributed by atoms with Crippen molar-refractivity contribution in [1.82, 2.24) is 5.32 Å². The van der Waals surface area contributed by atoms with Crippen molar-refractivity contribution in [2.24, 2.45) is 5.73 Å². The molecule has 2 rings (SSSR count). The van der Waals surface area contributed by atoms with Crippen molar-refractivity contribution in [3.05, 3.63) is 47.9 Å². The number of carbonyl (C=O) groups is 2. The molecule has 23 heavy (non-hydrogen) atoms. The molecule has 0 radical (unpaired) electrons. The van der Waals surface area contributed by atoms with Gasteiger partial charge in [0.2, 0.25) is 5.91 Å². The molecule has 1 aromatic heterocycles. The first-order chi connectivity index (χ1) is 11.1. The van der Waals surface area contributed by atoms with Crippen molar-refractivity contribution in [3.63, 3.8) is 0 Å². The summed E-state index contributed by atoms with van der Waals surface area (Å²) >= 11 is 0. The minimum atomic E-state index is -0.393. The first-order valence-corrected chi connectivity index (χ1v) is 7.20. The molecule has 0 saturated carbocycles. The van der Waals surface area contributed by atoms with Gasteiger partial charge in [-0.15, -0.1) is 0 Å². The zero-order valence-corrected chi connectivity index (χ0v) is 12.8. The van der Waals surface area contributed by atoms with Gasteiger partial charge in [-0.1, -0.05) is 0 Å². The molecule has 0 bridgehead atoms. The molecule has 4 N–H and O–H groups in total. The summed E-state index contributed by atoms with van der Waals surface area (Å²) in [5.74, 6) is 0.517. The van der Waals surface area contributed by atoms with Gasteiger partial charge in [0.25, 0.3) is 5.91 Å². The van der Waals surface area contributed by atoms with E-state index in [0.29, 0.717) is 23.6 Å². The van der Waals surface area contributed by atoms with Crippen LogP contribution >= 0.6 is 0 Å². The van der Waals surface area contributed by atoms with E-state index in [1.807, 2.05) is 6.92 Å². The van der Waals surface area contributed by atoms with E-state index < -0.39 is 5.91 Å². The topological polar surface area (TPSA) is 107 Å². The Morgan fingerprint density at radius 3 is 2.61 bits per heavy atom. The number of furan rings is 1. The lowest BCUT2D eigenvalue weighted by Crippen LogP contribution is -2.32. The molecule has 0 aliphatic carbocycles. The zero-order valence-electron chi connectivity index (χ0n) is 12.8. The maximum Gasteiger partial charge on any atom is 0.254 e. The second-order valence-electron chi connectivity index (χ2n) is 4.69. The molecule has 0 atom stereocenters. The number of rotatable bonds is 7. The molecule has 0 aliphatic rings. The molecule has 0 saturated heterocycles. The lowest BCUT2D eigenvalue weighted by molar-refractivity contribution is -0.115. The van der Waals surface area contributed by atoms with Gasteiger partial charge in [0, 0.05) is 5.69 Å². The smallest absolute Gasteiger partial charge is 0.254 e. The molecule has 2 aromatic rings. The Hall–Kier alpha value is -2.80. The third kappa shape index (κ3) is 4.86. The van der Waals surface area contributed by atoms with Crippen molar-refractivity contribution in [2.45, 2.75) is 13.5 Å². The van der Waals surface area contributed by atoms with E-state index in [0.717, 1.165) is 5.75 Å². The Morgan fingerprint density at radius 1 is 1.26 bits per heavy atom. The van der Waals surface area contributed by atoms with Crippen LogP contribution in [0.3, 0.4) is 0 Å². The third-order valence-corrected chi connectivity index (χ3v) is 2.98. The summed E-state index contributed by atoms with van der Waals surface area (Å²) in [7, 11) is 0. The average Bonchev–Trinajstić information content (AvgIpc) is 3.04. The van der Waals surface area contributed by atoms with Crippen LogP contribution in [0.5, 0.6) is 5.75 Å². The van der Waals surface area contributed by atoms with Crippen LogP contribution in [-0.2, 0) is 11.3 Å². The van der Waals surface area contributed by atoms with Crippen molar-refractivity contribution in [1.29, 1.82) is 0 Å². The van der Waals surface area contributed by atoms with Crippen molar-refractivity contribution < 1.29 is 18.7 Å². The van der Waals surface area contributed by atoms with Crippen LogP contribution in [0.25, 0.3) is 0 Å². The quantitative estimate of drug-likeness (QED) is 0.717. The highest BCUT2D eigenvalue weighted by Crippen LogP contribution is 2.15. The molecule has 0 fully saturated rings. The van der Waals surface area contributed by atoms with Crippen LogP contribution in [0.1, 0.15) is 23.0 Å². The summed E-state index contributed by atoms with van der Waals surface area (Å²) in [5, 5.41) is 5.19. The van der Waals surface area contributed by atoms with E-state index in [4.69, 9.17) is 14.9 Å². The number of benzene rings is 1. The van der Waals surface area contributed by atoms with Crippen LogP contribution < -0.4 is 21.1 Å². The molecular weight excluding hydrogens is 298 g/mol. The molecular formula is C16H19N3O4. The Kier molecular flexibility index (Phi) is 5.76. The van der Waals surface area contributed by atoms with Crippen molar-refractivity contribution in [3.8, 4) is 5.75 Å². The number of nitrogens with two attached hydrogens (primary N) is 1. The number of hydrogen-bond acceptors (Lipinski definition) is 5. The molecule has 122 valence electrons. The minimum Gasteiger partial charge on any atom is -0.494 e. The minimum absolute atomic E-state index is 0.144. The summed E-state index contributed by atoms with van der Waals surface area (Å²) in [5.41, 5.74) is 6.36. The molecule has 2 amide bonds. The van der Waals surface area contributed by atoms with E-state index in [1.54, 1.807) is 30.3 Å².